The van der Waals surface area contributed by atoms with Gasteiger partial charge in [0.1, 0.15) is 12.2 Å². The van der Waals surface area contributed by atoms with Gasteiger partial charge in [-0.25, -0.2) is 8.78 Å². The quantitative estimate of drug-likeness (QED) is 0.863. The monoisotopic (exact) mass is 335 g/mol. The number of benzene rings is 1. The molecule has 0 aliphatic carbocycles. The van der Waals surface area contributed by atoms with E-state index in [9.17, 15) is 13.6 Å². The van der Waals surface area contributed by atoms with Crippen molar-refractivity contribution < 1.29 is 18.3 Å². The van der Waals surface area contributed by atoms with Gasteiger partial charge in [-0.3, -0.25) is 9.48 Å². The zero-order valence-corrected chi connectivity index (χ0v) is 13.3. The van der Waals surface area contributed by atoms with Gasteiger partial charge in [0.05, 0.1) is 18.8 Å². The molecule has 1 aromatic heterocycles. The molecule has 0 N–H and O–H groups in total. The van der Waals surface area contributed by atoms with E-state index in [4.69, 9.17) is 4.74 Å². The Bertz CT molecular complexity index is 690. The number of carbonyl (C=O) groups excluding carboxylic acids is 1. The molecule has 0 spiro atoms. The molecule has 2 unspecified atom stereocenters. The molecule has 2 atom stereocenters. The first-order valence-corrected chi connectivity index (χ1v) is 7.83. The van der Waals surface area contributed by atoms with Crippen LogP contribution in [0.2, 0.25) is 0 Å². The standard InChI is InChI=1S/C17H19F2N3O2/c1-12-9-21(15(11-24-12)13-5-3-2-4-6-13)17(23)14-7-8-20-22(14)10-16(18)19/h2-8,12,15-16H,9-11H2,1H3. The molecule has 5 nitrogen and oxygen atoms in total. The summed E-state index contributed by atoms with van der Waals surface area (Å²) >= 11 is 0. The summed E-state index contributed by atoms with van der Waals surface area (Å²) in [4.78, 5) is 14.6. The second-order valence-corrected chi connectivity index (χ2v) is 5.82. The third-order valence-corrected chi connectivity index (χ3v) is 4.06. The molecule has 2 heterocycles. The van der Waals surface area contributed by atoms with Crippen LogP contribution in [-0.4, -0.2) is 46.3 Å². The third kappa shape index (κ3) is 3.46. The molecule has 2 aromatic rings. The van der Waals surface area contributed by atoms with Crippen LogP contribution in [0.15, 0.2) is 42.6 Å². The SMILES string of the molecule is CC1CN(C(=O)c2ccnn2CC(F)F)C(c2ccccc2)CO1. The van der Waals surface area contributed by atoms with Gasteiger partial charge in [-0.1, -0.05) is 30.3 Å². The fraction of sp³-hybridized carbons (Fsp3) is 0.412. The Hall–Kier alpha value is -2.28. The van der Waals surface area contributed by atoms with Crippen LogP contribution in [0.3, 0.4) is 0 Å². The highest BCUT2D eigenvalue weighted by atomic mass is 19.3. The number of alkyl halides is 2. The summed E-state index contributed by atoms with van der Waals surface area (Å²) in [7, 11) is 0. The molecular weight excluding hydrogens is 316 g/mol. The third-order valence-electron chi connectivity index (χ3n) is 4.06. The van der Waals surface area contributed by atoms with Gasteiger partial charge in [0.2, 0.25) is 0 Å². The first-order chi connectivity index (χ1) is 11.6. The zero-order valence-electron chi connectivity index (χ0n) is 13.3. The number of ether oxygens (including phenoxy) is 1. The summed E-state index contributed by atoms with van der Waals surface area (Å²) in [5.74, 6) is -0.308. The predicted molar refractivity (Wildman–Crippen MR) is 83.9 cm³/mol. The number of morpholine rings is 1. The number of halogens is 2. The van der Waals surface area contributed by atoms with Crippen molar-refractivity contribution in [1.29, 1.82) is 0 Å². The Labute approximate surface area is 138 Å². The van der Waals surface area contributed by atoms with Gasteiger partial charge in [0.15, 0.2) is 0 Å². The number of amides is 1. The van der Waals surface area contributed by atoms with Crippen LogP contribution in [-0.2, 0) is 11.3 Å². The number of rotatable bonds is 4. The fourth-order valence-corrected chi connectivity index (χ4v) is 2.92. The summed E-state index contributed by atoms with van der Waals surface area (Å²) in [6.07, 6.45) is -1.30. The highest BCUT2D eigenvalue weighted by Crippen LogP contribution is 2.27. The molecule has 1 fully saturated rings. The van der Waals surface area contributed by atoms with Crippen LogP contribution in [0, 0.1) is 0 Å². The largest absolute Gasteiger partial charge is 0.374 e. The average molecular weight is 335 g/mol. The second kappa shape index (κ2) is 7.09. The molecule has 1 aliphatic rings. The number of hydrogen-bond acceptors (Lipinski definition) is 3. The van der Waals surface area contributed by atoms with Crippen LogP contribution in [0.4, 0.5) is 8.78 Å². The van der Waals surface area contributed by atoms with E-state index in [-0.39, 0.29) is 23.7 Å². The smallest absolute Gasteiger partial charge is 0.272 e. The van der Waals surface area contributed by atoms with Crippen molar-refractivity contribution in [3.05, 3.63) is 53.9 Å². The van der Waals surface area contributed by atoms with Gasteiger partial charge in [0, 0.05) is 12.7 Å². The normalized spacial score (nSPS) is 21.2. The predicted octanol–water partition coefficient (Wildman–Crippen LogP) is 2.75. The van der Waals surface area contributed by atoms with Gasteiger partial charge < -0.3 is 9.64 Å². The van der Waals surface area contributed by atoms with E-state index in [2.05, 4.69) is 5.10 Å². The van der Waals surface area contributed by atoms with Crippen molar-refractivity contribution in [2.24, 2.45) is 0 Å². The average Bonchev–Trinajstić information content (AvgIpc) is 3.02. The van der Waals surface area contributed by atoms with Crippen LogP contribution in [0.1, 0.15) is 29.0 Å². The van der Waals surface area contributed by atoms with E-state index < -0.39 is 13.0 Å². The molecule has 3 rings (SSSR count). The van der Waals surface area contributed by atoms with Gasteiger partial charge >= 0.3 is 0 Å². The maximum atomic E-state index is 13.0. The minimum absolute atomic E-state index is 0.111. The lowest BCUT2D eigenvalue weighted by Gasteiger charge is -2.39. The summed E-state index contributed by atoms with van der Waals surface area (Å²) in [6, 6.07) is 10.8. The van der Waals surface area contributed by atoms with Crippen molar-refractivity contribution in [3.63, 3.8) is 0 Å². The Balaban J connectivity index is 1.89. The first kappa shape index (κ1) is 16.6. The molecule has 0 bridgehead atoms. The lowest BCUT2D eigenvalue weighted by molar-refractivity contribution is -0.0452. The first-order valence-electron chi connectivity index (χ1n) is 7.83. The molecule has 0 saturated carbocycles. The summed E-state index contributed by atoms with van der Waals surface area (Å²) in [5, 5.41) is 3.85. The molecule has 1 aliphatic heterocycles. The summed E-state index contributed by atoms with van der Waals surface area (Å²) in [5.41, 5.74) is 1.13. The number of nitrogens with zero attached hydrogens (tertiary/aromatic N) is 3. The Kier molecular flexibility index (Phi) is 4.89. The Morgan fingerprint density at radius 1 is 1.33 bits per heavy atom. The highest BCUT2D eigenvalue weighted by molar-refractivity contribution is 5.93. The molecule has 1 amide bonds. The van der Waals surface area contributed by atoms with E-state index in [1.165, 1.54) is 12.3 Å². The van der Waals surface area contributed by atoms with E-state index >= 15 is 0 Å². The molecular formula is C17H19F2N3O2. The van der Waals surface area contributed by atoms with Gasteiger partial charge in [-0.2, -0.15) is 5.10 Å². The Morgan fingerprint density at radius 2 is 2.08 bits per heavy atom. The topological polar surface area (TPSA) is 47.4 Å². The maximum Gasteiger partial charge on any atom is 0.272 e. The minimum atomic E-state index is -2.56. The van der Waals surface area contributed by atoms with Gasteiger partial charge in [-0.15, -0.1) is 0 Å². The minimum Gasteiger partial charge on any atom is -0.374 e. The van der Waals surface area contributed by atoms with Crippen LogP contribution in [0.25, 0.3) is 0 Å². The van der Waals surface area contributed by atoms with Crippen molar-refractivity contribution in [2.75, 3.05) is 13.2 Å². The van der Waals surface area contributed by atoms with E-state index in [0.717, 1.165) is 10.2 Å². The van der Waals surface area contributed by atoms with Crippen LogP contribution >= 0.6 is 0 Å². The Morgan fingerprint density at radius 3 is 2.79 bits per heavy atom. The summed E-state index contributed by atoms with van der Waals surface area (Å²) in [6.45, 7) is 2.07. The van der Waals surface area contributed by atoms with Gasteiger partial charge in [-0.05, 0) is 18.6 Å². The maximum absolute atomic E-state index is 13.0. The lowest BCUT2D eigenvalue weighted by Crippen LogP contribution is -2.47. The molecule has 0 radical (unpaired) electrons. The number of carbonyl (C=O) groups is 1. The molecule has 7 heteroatoms. The lowest BCUT2D eigenvalue weighted by atomic mass is 10.0. The fourth-order valence-electron chi connectivity index (χ4n) is 2.92. The molecule has 24 heavy (non-hydrogen) atoms. The van der Waals surface area contributed by atoms with Gasteiger partial charge in [0.25, 0.3) is 12.3 Å². The molecule has 1 aromatic carbocycles. The second-order valence-electron chi connectivity index (χ2n) is 5.82. The van der Waals surface area contributed by atoms with Crippen molar-refractivity contribution in [3.8, 4) is 0 Å². The van der Waals surface area contributed by atoms with Crippen LogP contribution < -0.4 is 0 Å². The molecule has 128 valence electrons. The zero-order chi connectivity index (χ0) is 17.1. The number of aromatic nitrogens is 2. The van der Waals surface area contributed by atoms with Crippen molar-refractivity contribution in [1.82, 2.24) is 14.7 Å². The highest BCUT2D eigenvalue weighted by Gasteiger charge is 2.33. The van der Waals surface area contributed by atoms with E-state index in [1.807, 2.05) is 37.3 Å². The van der Waals surface area contributed by atoms with Crippen LogP contribution in [0.5, 0.6) is 0 Å². The molecule has 1 saturated heterocycles. The van der Waals surface area contributed by atoms with Crippen molar-refractivity contribution in [2.45, 2.75) is 32.0 Å². The van der Waals surface area contributed by atoms with E-state index in [0.29, 0.717) is 13.2 Å². The van der Waals surface area contributed by atoms with Crippen molar-refractivity contribution >= 4 is 5.91 Å². The van der Waals surface area contributed by atoms with E-state index in [1.54, 1.807) is 4.90 Å². The number of hydrogen-bond donors (Lipinski definition) is 0. The summed E-state index contributed by atoms with van der Waals surface area (Å²) < 4.78 is 32.1.